The standard InChI is InChI=1S/C16H13N3/c17-16-11-18-15(10-19-16)14-9-5-4-8-13(14)12-6-2-1-3-7-12/h1-11H,(H2,17,19). The molecule has 0 saturated heterocycles. The molecule has 1 heterocycles. The maximum Gasteiger partial charge on any atom is 0.141 e. The number of nitrogens with two attached hydrogens (primary N) is 1. The van der Waals surface area contributed by atoms with Crippen LogP contribution in [0.2, 0.25) is 0 Å². The molecule has 0 aliphatic carbocycles. The van der Waals surface area contributed by atoms with Crippen LogP contribution in [0.3, 0.4) is 0 Å². The lowest BCUT2D eigenvalue weighted by Crippen LogP contribution is -1.93. The van der Waals surface area contributed by atoms with Crippen LogP contribution in [-0.2, 0) is 0 Å². The smallest absolute Gasteiger partial charge is 0.141 e. The average Bonchev–Trinajstić information content (AvgIpc) is 2.49. The molecule has 0 unspecified atom stereocenters. The van der Waals surface area contributed by atoms with Gasteiger partial charge in [-0.15, -0.1) is 0 Å². The Morgan fingerprint density at radius 1 is 0.684 bits per heavy atom. The third kappa shape index (κ3) is 2.31. The van der Waals surface area contributed by atoms with E-state index in [1.54, 1.807) is 12.4 Å². The maximum atomic E-state index is 5.58. The van der Waals surface area contributed by atoms with Gasteiger partial charge in [-0.05, 0) is 11.1 Å². The molecule has 3 aromatic rings. The molecule has 0 spiro atoms. The molecular weight excluding hydrogens is 234 g/mol. The van der Waals surface area contributed by atoms with Gasteiger partial charge in [0.15, 0.2) is 0 Å². The van der Waals surface area contributed by atoms with Gasteiger partial charge in [0.2, 0.25) is 0 Å². The molecule has 1 aromatic heterocycles. The monoisotopic (exact) mass is 247 g/mol. The van der Waals surface area contributed by atoms with Crippen molar-refractivity contribution in [3.05, 3.63) is 67.0 Å². The Labute approximate surface area is 111 Å². The molecule has 0 aliphatic heterocycles. The topological polar surface area (TPSA) is 51.8 Å². The van der Waals surface area contributed by atoms with Crippen LogP contribution < -0.4 is 5.73 Å². The Hall–Kier alpha value is -2.68. The second kappa shape index (κ2) is 4.90. The summed E-state index contributed by atoms with van der Waals surface area (Å²) in [5, 5.41) is 0. The van der Waals surface area contributed by atoms with Crippen molar-refractivity contribution in [3.63, 3.8) is 0 Å². The Balaban J connectivity index is 2.15. The minimum atomic E-state index is 0.431. The fourth-order valence-corrected chi connectivity index (χ4v) is 2.05. The zero-order chi connectivity index (χ0) is 13.1. The van der Waals surface area contributed by atoms with E-state index in [-0.39, 0.29) is 0 Å². The van der Waals surface area contributed by atoms with Crippen molar-refractivity contribution in [1.29, 1.82) is 0 Å². The van der Waals surface area contributed by atoms with Gasteiger partial charge in [-0.2, -0.15) is 0 Å². The number of aromatic nitrogens is 2. The average molecular weight is 247 g/mol. The first-order valence-electron chi connectivity index (χ1n) is 6.07. The minimum absolute atomic E-state index is 0.431. The Morgan fingerprint density at radius 2 is 1.37 bits per heavy atom. The highest BCUT2D eigenvalue weighted by atomic mass is 14.9. The highest BCUT2D eigenvalue weighted by Gasteiger charge is 2.07. The van der Waals surface area contributed by atoms with E-state index in [1.807, 2.05) is 36.4 Å². The van der Waals surface area contributed by atoms with Crippen LogP contribution in [0.5, 0.6) is 0 Å². The Morgan fingerprint density at radius 3 is 2.05 bits per heavy atom. The van der Waals surface area contributed by atoms with E-state index < -0.39 is 0 Å². The van der Waals surface area contributed by atoms with Crippen molar-refractivity contribution in [1.82, 2.24) is 9.97 Å². The molecule has 0 radical (unpaired) electrons. The lowest BCUT2D eigenvalue weighted by Gasteiger charge is -2.08. The van der Waals surface area contributed by atoms with E-state index in [0.29, 0.717) is 5.82 Å². The zero-order valence-electron chi connectivity index (χ0n) is 10.3. The van der Waals surface area contributed by atoms with Crippen molar-refractivity contribution in [2.24, 2.45) is 0 Å². The van der Waals surface area contributed by atoms with Crippen LogP contribution in [0.4, 0.5) is 5.82 Å². The summed E-state index contributed by atoms with van der Waals surface area (Å²) in [4.78, 5) is 8.45. The van der Waals surface area contributed by atoms with Gasteiger partial charge in [0.25, 0.3) is 0 Å². The molecule has 19 heavy (non-hydrogen) atoms. The van der Waals surface area contributed by atoms with E-state index >= 15 is 0 Å². The van der Waals surface area contributed by atoms with Gasteiger partial charge in [-0.3, -0.25) is 4.98 Å². The van der Waals surface area contributed by atoms with E-state index in [9.17, 15) is 0 Å². The van der Waals surface area contributed by atoms with Gasteiger partial charge in [-0.25, -0.2) is 4.98 Å². The summed E-state index contributed by atoms with van der Waals surface area (Å²) in [5.74, 6) is 0.431. The zero-order valence-corrected chi connectivity index (χ0v) is 10.3. The quantitative estimate of drug-likeness (QED) is 0.755. The third-order valence-electron chi connectivity index (χ3n) is 2.96. The molecule has 0 fully saturated rings. The largest absolute Gasteiger partial charge is 0.382 e. The van der Waals surface area contributed by atoms with Gasteiger partial charge < -0.3 is 5.73 Å². The summed E-state index contributed by atoms with van der Waals surface area (Å²) in [6, 6.07) is 18.4. The number of anilines is 1. The SMILES string of the molecule is Nc1cnc(-c2ccccc2-c2ccccc2)cn1. The molecule has 0 bridgehead atoms. The number of nitrogens with zero attached hydrogens (tertiary/aromatic N) is 2. The van der Waals surface area contributed by atoms with Crippen LogP contribution in [0.1, 0.15) is 0 Å². The second-order valence-corrected chi connectivity index (χ2v) is 4.24. The number of rotatable bonds is 2. The normalized spacial score (nSPS) is 10.3. The van der Waals surface area contributed by atoms with E-state index in [1.165, 1.54) is 0 Å². The van der Waals surface area contributed by atoms with Gasteiger partial charge in [-0.1, -0.05) is 54.6 Å². The molecule has 92 valence electrons. The predicted molar refractivity (Wildman–Crippen MR) is 77.3 cm³/mol. The maximum absolute atomic E-state index is 5.58. The first-order valence-corrected chi connectivity index (χ1v) is 6.07. The lowest BCUT2D eigenvalue weighted by atomic mass is 9.98. The van der Waals surface area contributed by atoms with Crippen LogP contribution in [-0.4, -0.2) is 9.97 Å². The second-order valence-electron chi connectivity index (χ2n) is 4.24. The van der Waals surface area contributed by atoms with Crippen LogP contribution >= 0.6 is 0 Å². The van der Waals surface area contributed by atoms with Crippen molar-refractivity contribution in [2.45, 2.75) is 0 Å². The van der Waals surface area contributed by atoms with Crippen molar-refractivity contribution >= 4 is 5.82 Å². The molecule has 3 heteroatoms. The van der Waals surface area contributed by atoms with Gasteiger partial charge in [0.05, 0.1) is 18.1 Å². The van der Waals surface area contributed by atoms with Crippen molar-refractivity contribution in [3.8, 4) is 22.4 Å². The van der Waals surface area contributed by atoms with Gasteiger partial charge in [0, 0.05) is 5.56 Å². The molecule has 0 atom stereocenters. The molecule has 3 nitrogen and oxygen atoms in total. The van der Waals surface area contributed by atoms with E-state index in [0.717, 1.165) is 22.4 Å². The molecular formula is C16H13N3. The van der Waals surface area contributed by atoms with Crippen molar-refractivity contribution < 1.29 is 0 Å². The summed E-state index contributed by atoms with van der Waals surface area (Å²) >= 11 is 0. The van der Waals surface area contributed by atoms with Gasteiger partial charge >= 0.3 is 0 Å². The third-order valence-corrected chi connectivity index (χ3v) is 2.96. The molecule has 0 aliphatic rings. The molecule has 0 saturated carbocycles. The first kappa shape index (κ1) is 11.4. The number of nitrogen functional groups attached to an aromatic ring is 1. The van der Waals surface area contributed by atoms with Crippen molar-refractivity contribution in [2.75, 3.05) is 5.73 Å². The molecule has 2 N–H and O–H groups in total. The predicted octanol–water partition coefficient (Wildman–Crippen LogP) is 3.39. The molecule has 2 aromatic carbocycles. The number of hydrogen-bond acceptors (Lipinski definition) is 3. The summed E-state index contributed by atoms with van der Waals surface area (Å²) in [6.07, 6.45) is 3.29. The van der Waals surface area contributed by atoms with Gasteiger partial charge in [0.1, 0.15) is 5.82 Å². The number of hydrogen-bond donors (Lipinski definition) is 1. The van der Waals surface area contributed by atoms with E-state index in [4.69, 9.17) is 5.73 Å². The minimum Gasteiger partial charge on any atom is -0.382 e. The Bertz CT molecular complexity index is 676. The Kier molecular flexibility index (Phi) is 2.94. The summed E-state index contributed by atoms with van der Waals surface area (Å²) in [7, 11) is 0. The lowest BCUT2D eigenvalue weighted by molar-refractivity contribution is 1.22. The molecule has 3 rings (SSSR count). The molecule has 0 amide bonds. The van der Waals surface area contributed by atoms with Crippen LogP contribution in [0, 0.1) is 0 Å². The summed E-state index contributed by atoms with van der Waals surface area (Å²) < 4.78 is 0. The summed E-state index contributed by atoms with van der Waals surface area (Å²) in [6.45, 7) is 0. The highest BCUT2D eigenvalue weighted by Crippen LogP contribution is 2.30. The fraction of sp³-hybridized carbons (Fsp3) is 0. The highest BCUT2D eigenvalue weighted by molar-refractivity contribution is 5.81. The first-order chi connectivity index (χ1) is 9.34. The number of benzene rings is 2. The summed E-state index contributed by atoms with van der Waals surface area (Å²) in [5.41, 5.74) is 9.77. The van der Waals surface area contributed by atoms with E-state index in [2.05, 4.69) is 28.2 Å². The van der Waals surface area contributed by atoms with Crippen LogP contribution in [0.15, 0.2) is 67.0 Å². The van der Waals surface area contributed by atoms with Crippen LogP contribution in [0.25, 0.3) is 22.4 Å². The fourth-order valence-electron chi connectivity index (χ4n) is 2.05.